The van der Waals surface area contributed by atoms with Gasteiger partial charge in [0.1, 0.15) is 12.4 Å². The van der Waals surface area contributed by atoms with Crippen LogP contribution < -0.4 is 10.5 Å². The van der Waals surface area contributed by atoms with Crippen LogP contribution in [0.15, 0.2) is 40.9 Å². The third-order valence-electron chi connectivity index (χ3n) is 2.66. The molecule has 0 atom stereocenters. The van der Waals surface area contributed by atoms with Gasteiger partial charge in [0.25, 0.3) is 0 Å². The highest BCUT2D eigenvalue weighted by molar-refractivity contribution is 9.10. The molecule has 2 rings (SSSR count). The van der Waals surface area contributed by atoms with Gasteiger partial charge in [-0.05, 0) is 18.2 Å². The maximum atomic E-state index is 6.14. The molecule has 0 aliphatic heterocycles. The number of benzene rings is 2. The van der Waals surface area contributed by atoms with Gasteiger partial charge in [-0.1, -0.05) is 57.3 Å². The van der Waals surface area contributed by atoms with Gasteiger partial charge in [0.2, 0.25) is 0 Å². The number of halogens is 3. The minimum atomic E-state index is 0.350. The fraction of sp³-hybridized carbons (Fsp3) is 0.143. The Hall–Kier alpha value is -0.740. The van der Waals surface area contributed by atoms with E-state index in [9.17, 15) is 0 Å². The summed E-state index contributed by atoms with van der Waals surface area (Å²) in [6, 6.07) is 11.2. The molecule has 0 aliphatic rings. The number of hydrogen-bond donors (Lipinski definition) is 1. The van der Waals surface area contributed by atoms with Crippen LogP contribution in [0.4, 0.5) is 0 Å². The molecule has 0 saturated carbocycles. The highest BCUT2D eigenvalue weighted by Gasteiger charge is 2.09. The van der Waals surface area contributed by atoms with Crippen molar-refractivity contribution in [3.8, 4) is 5.75 Å². The van der Waals surface area contributed by atoms with Crippen molar-refractivity contribution in [2.75, 3.05) is 0 Å². The Bertz CT molecular complexity index is 590. The summed E-state index contributed by atoms with van der Waals surface area (Å²) >= 11 is 15.6. The Labute approximate surface area is 130 Å². The lowest BCUT2D eigenvalue weighted by Crippen LogP contribution is -2.03. The summed E-state index contributed by atoms with van der Waals surface area (Å²) in [5, 5.41) is 1.20. The molecule has 0 unspecified atom stereocenters. The first kappa shape index (κ1) is 14.7. The van der Waals surface area contributed by atoms with Gasteiger partial charge in [-0.25, -0.2) is 0 Å². The quantitative estimate of drug-likeness (QED) is 0.850. The Morgan fingerprint density at radius 1 is 1.05 bits per heavy atom. The van der Waals surface area contributed by atoms with Crippen LogP contribution in [0.5, 0.6) is 5.75 Å². The van der Waals surface area contributed by atoms with Crippen molar-refractivity contribution >= 4 is 39.1 Å². The molecule has 100 valence electrons. The Kier molecular flexibility index (Phi) is 5.11. The van der Waals surface area contributed by atoms with Crippen LogP contribution in [0.2, 0.25) is 10.0 Å². The van der Waals surface area contributed by atoms with E-state index < -0.39 is 0 Å². The average molecular weight is 361 g/mol. The van der Waals surface area contributed by atoms with Crippen LogP contribution in [0.1, 0.15) is 11.1 Å². The first-order valence-electron chi connectivity index (χ1n) is 5.66. The molecule has 2 N–H and O–H groups in total. The van der Waals surface area contributed by atoms with Crippen LogP contribution in [0, 0.1) is 0 Å². The SMILES string of the molecule is NCc1cccc(Cl)c1OCc1ccc(Br)cc1Cl. The average Bonchev–Trinajstić information content (AvgIpc) is 2.39. The molecule has 2 aromatic carbocycles. The van der Waals surface area contributed by atoms with Gasteiger partial charge in [0.05, 0.1) is 5.02 Å². The molecule has 0 aliphatic carbocycles. The minimum absolute atomic E-state index is 0.350. The smallest absolute Gasteiger partial charge is 0.142 e. The molecular weight excluding hydrogens is 349 g/mol. The molecule has 5 heteroatoms. The summed E-state index contributed by atoms with van der Waals surface area (Å²) in [5.74, 6) is 0.616. The number of para-hydroxylation sites is 1. The molecule has 0 heterocycles. The Morgan fingerprint density at radius 2 is 1.84 bits per heavy atom. The van der Waals surface area contributed by atoms with E-state index in [-0.39, 0.29) is 0 Å². The van der Waals surface area contributed by atoms with Gasteiger partial charge in [0.15, 0.2) is 0 Å². The van der Waals surface area contributed by atoms with Crippen LogP contribution in [-0.2, 0) is 13.2 Å². The second kappa shape index (κ2) is 6.62. The fourth-order valence-corrected chi connectivity index (χ4v) is 2.64. The predicted molar refractivity (Wildman–Crippen MR) is 82.8 cm³/mol. The van der Waals surface area contributed by atoms with Gasteiger partial charge < -0.3 is 10.5 Å². The van der Waals surface area contributed by atoms with Crippen LogP contribution in [0.3, 0.4) is 0 Å². The highest BCUT2D eigenvalue weighted by atomic mass is 79.9. The first-order chi connectivity index (χ1) is 9.11. The van der Waals surface area contributed by atoms with Gasteiger partial charge in [0, 0.05) is 27.2 Å². The van der Waals surface area contributed by atoms with Gasteiger partial charge in [-0.15, -0.1) is 0 Å². The first-order valence-corrected chi connectivity index (χ1v) is 7.21. The van der Waals surface area contributed by atoms with E-state index in [2.05, 4.69) is 15.9 Å². The van der Waals surface area contributed by atoms with Crippen molar-refractivity contribution in [3.05, 3.63) is 62.0 Å². The number of rotatable bonds is 4. The summed E-state index contributed by atoms with van der Waals surface area (Å²) in [5.41, 5.74) is 7.44. The van der Waals surface area contributed by atoms with E-state index in [1.165, 1.54) is 0 Å². The molecule has 0 saturated heterocycles. The van der Waals surface area contributed by atoms with Crippen molar-refractivity contribution in [2.24, 2.45) is 5.73 Å². The third-order valence-corrected chi connectivity index (χ3v) is 3.80. The normalized spacial score (nSPS) is 10.5. The van der Waals surface area contributed by atoms with E-state index in [0.717, 1.165) is 15.6 Å². The molecule has 2 nitrogen and oxygen atoms in total. The molecule has 19 heavy (non-hydrogen) atoms. The molecule has 0 spiro atoms. The number of hydrogen-bond acceptors (Lipinski definition) is 2. The summed E-state index contributed by atoms with van der Waals surface area (Å²) in [4.78, 5) is 0. The Morgan fingerprint density at radius 3 is 2.53 bits per heavy atom. The Balaban J connectivity index is 2.19. The highest BCUT2D eigenvalue weighted by Crippen LogP contribution is 2.30. The summed E-state index contributed by atoms with van der Waals surface area (Å²) in [6.07, 6.45) is 0. The minimum Gasteiger partial charge on any atom is -0.487 e. The molecule has 0 radical (unpaired) electrons. The van der Waals surface area contributed by atoms with Crippen LogP contribution in [0.25, 0.3) is 0 Å². The van der Waals surface area contributed by atoms with Crippen molar-refractivity contribution < 1.29 is 4.74 Å². The van der Waals surface area contributed by atoms with E-state index in [0.29, 0.717) is 28.9 Å². The van der Waals surface area contributed by atoms with Crippen molar-refractivity contribution in [1.82, 2.24) is 0 Å². The molecular formula is C14H12BrCl2NO. The third kappa shape index (κ3) is 3.63. The molecule has 0 bridgehead atoms. The molecule has 0 amide bonds. The molecule has 0 aromatic heterocycles. The zero-order valence-electron chi connectivity index (χ0n) is 10.00. The lowest BCUT2D eigenvalue weighted by atomic mass is 10.2. The topological polar surface area (TPSA) is 35.2 Å². The molecule has 0 fully saturated rings. The van der Waals surface area contributed by atoms with E-state index in [1.54, 1.807) is 6.07 Å². The molecule has 2 aromatic rings. The standard InChI is InChI=1S/C14H12BrCl2NO/c15-11-5-4-10(13(17)6-11)8-19-14-9(7-18)2-1-3-12(14)16/h1-6H,7-8,18H2. The van der Waals surface area contributed by atoms with Gasteiger partial charge in [-0.3, -0.25) is 0 Å². The van der Waals surface area contributed by atoms with Crippen molar-refractivity contribution in [1.29, 1.82) is 0 Å². The lowest BCUT2D eigenvalue weighted by molar-refractivity contribution is 0.303. The zero-order chi connectivity index (χ0) is 13.8. The zero-order valence-corrected chi connectivity index (χ0v) is 13.1. The van der Waals surface area contributed by atoms with Gasteiger partial charge >= 0.3 is 0 Å². The monoisotopic (exact) mass is 359 g/mol. The second-order valence-corrected chi connectivity index (χ2v) is 5.69. The second-order valence-electron chi connectivity index (χ2n) is 3.96. The van der Waals surface area contributed by atoms with Crippen molar-refractivity contribution in [3.63, 3.8) is 0 Å². The van der Waals surface area contributed by atoms with Crippen LogP contribution >= 0.6 is 39.1 Å². The lowest BCUT2D eigenvalue weighted by Gasteiger charge is -2.13. The van der Waals surface area contributed by atoms with E-state index >= 15 is 0 Å². The number of nitrogens with two attached hydrogens (primary N) is 1. The van der Waals surface area contributed by atoms with Crippen molar-refractivity contribution in [2.45, 2.75) is 13.2 Å². The van der Waals surface area contributed by atoms with Crippen LogP contribution in [-0.4, -0.2) is 0 Å². The summed E-state index contributed by atoms with van der Waals surface area (Å²) in [7, 11) is 0. The summed E-state index contributed by atoms with van der Waals surface area (Å²) in [6.45, 7) is 0.729. The largest absolute Gasteiger partial charge is 0.487 e. The van der Waals surface area contributed by atoms with E-state index in [1.807, 2.05) is 30.3 Å². The maximum Gasteiger partial charge on any atom is 0.142 e. The predicted octanol–water partition coefficient (Wildman–Crippen LogP) is 4.79. The van der Waals surface area contributed by atoms with Gasteiger partial charge in [-0.2, -0.15) is 0 Å². The maximum absolute atomic E-state index is 6.14. The number of ether oxygens (including phenoxy) is 1. The summed E-state index contributed by atoms with van der Waals surface area (Å²) < 4.78 is 6.69. The van der Waals surface area contributed by atoms with E-state index in [4.69, 9.17) is 33.7 Å². The fourth-order valence-electron chi connectivity index (χ4n) is 1.66.